The third-order valence-corrected chi connectivity index (χ3v) is 2.92. The number of nitriles is 2. The molecule has 0 unspecified atom stereocenters. The average Bonchev–Trinajstić information content (AvgIpc) is 2.30. The zero-order valence-electron chi connectivity index (χ0n) is 9.01. The summed E-state index contributed by atoms with van der Waals surface area (Å²) in [6, 6.07) is 14.1. The maximum absolute atomic E-state index is 8.82. The van der Waals surface area contributed by atoms with Crippen molar-refractivity contribution in [3.05, 3.63) is 35.9 Å². The highest BCUT2D eigenvalue weighted by molar-refractivity contribution is 5.21. The molecule has 0 radical (unpaired) electrons. The molecule has 15 heavy (non-hydrogen) atoms. The smallest absolute Gasteiger partial charge is 0.136 e. The lowest BCUT2D eigenvalue weighted by Crippen LogP contribution is -2.14. The molecule has 0 aliphatic heterocycles. The predicted octanol–water partition coefficient (Wildman–Crippen LogP) is 3.09. The average molecular weight is 198 g/mol. The maximum atomic E-state index is 8.82. The molecule has 0 amide bonds. The maximum Gasteiger partial charge on any atom is 0.136 e. The van der Waals surface area contributed by atoms with Gasteiger partial charge in [-0.2, -0.15) is 10.5 Å². The van der Waals surface area contributed by atoms with Crippen molar-refractivity contribution in [3.63, 3.8) is 0 Å². The van der Waals surface area contributed by atoms with Crippen LogP contribution in [0, 0.1) is 34.5 Å². The summed E-state index contributed by atoms with van der Waals surface area (Å²) in [6.45, 7) is 4.01. The molecule has 2 heteroatoms. The molecule has 1 aromatic rings. The SMILES string of the molecule is C[C@H](C(C#N)C#N)[C@@H](C)c1ccccc1. The van der Waals surface area contributed by atoms with Crippen molar-refractivity contribution in [2.45, 2.75) is 19.8 Å². The van der Waals surface area contributed by atoms with E-state index in [-0.39, 0.29) is 11.8 Å². The lowest BCUT2D eigenvalue weighted by molar-refractivity contribution is 0.436. The first kappa shape index (κ1) is 11.3. The highest BCUT2D eigenvalue weighted by atomic mass is 14.4. The van der Waals surface area contributed by atoms with Gasteiger partial charge in [0.1, 0.15) is 5.92 Å². The minimum absolute atomic E-state index is 0.0578. The van der Waals surface area contributed by atoms with Crippen molar-refractivity contribution >= 4 is 0 Å². The summed E-state index contributed by atoms with van der Waals surface area (Å²) in [5.41, 5.74) is 1.18. The Morgan fingerprint density at radius 1 is 1.00 bits per heavy atom. The van der Waals surface area contributed by atoms with Gasteiger partial charge in [-0.05, 0) is 17.4 Å². The van der Waals surface area contributed by atoms with Gasteiger partial charge in [-0.1, -0.05) is 44.2 Å². The van der Waals surface area contributed by atoms with Crippen molar-refractivity contribution < 1.29 is 0 Å². The highest BCUT2D eigenvalue weighted by Crippen LogP contribution is 2.28. The van der Waals surface area contributed by atoms with Crippen LogP contribution >= 0.6 is 0 Å². The molecule has 1 aromatic carbocycles. The molecule has 0 saturated carbocycles. The van der Waals surface area contributed by atoms with Crippen LogP contribution < -0.4 is 0 Å². The second-order valence-electron chi connectivity index (χ2n) is 3.79. The topological polar surface area (TPSA) is 47.6 Å². The van der Waals surface area contributed by atoms with Crippen LogP contribution in [0.2, 0.25) is 0 Å². The molecular formula is C13H14N2. The number of hydrogen-bond acceptors (Lipinski definition) is 2. The first-order valence-corrected chi connectivity index (χ1v) is 5.05. The number of nitrogens with zero attached hydrogens (tertiary/aromatic N) is 2. The Bertz CT molecular complexity index is 369. The Hall–Kier alpha value is -1.80. The molecule has 0 saturated heterocycles. The summed E-state index contributed by atoms with van der Waals surface area (Å²) in [6.07, 6.45) is 0. The van der Waals surface area contributed by atoms with E-state index in [0.29, 0.717) is 0 Å². The molecule has 0 aromatic heterocycles. The van der Waals surface area contributed by atoms with Gasteiger partial charge in [-0.15, -0.1) is 0 Å². The Morgan fingerprint density at radius 2 is 1.53 bits per heavy atom. The van der Waals surface area contributed by atoms with Crippen LogP contribution in [0.5, 0.6) is 0 Å². The predicted molar refractivity (Wildman–Crippen MR) is 58.7 cm³/mol. The third kappa shape index (κ3) is 2.58. The molecular weight excluding hydrogens is 184 g/mol. The second-order valence-corrected chi connectivity index (χ2v) is 3.79. The quantitative estimate of drug-likeness (QED) is 0.749. The van der Waals surface area contributed by atoms with E-state index in [1.54, 1.807) is 0 Å². The largest absolute Gasteiger partial charge is 0.197 e. The van der Waals surface area contributed by atoms with E-state index in [0.717, 1.165) is 0 Å². The van der Waals surface area contributed by atoms with Gasteiger partial charge in [0.2, 0.25) is 0 Å². The van der Waals surface area contributed by atoms with Crippen molar-refractivity contribution in [1.82, 2.24) is 0 Å². The monoisotopic (exact) mass is 198 g/mol. The molecule has 0 N–H and O–H groups in total. The summed E-state index contributed by atoms with van der Waals surface area (Å²) >= 11 is 0. The summed E-state index contributed by atoms with van der Waals surface area (Å²) in [5, 5.41) is 17.6. The van der Waals surface area contributed by atoms with Crippen LogP contribution in [0.1, 0.15) is 25.3 Å². The van der Waals surface area contributed by atoms with Gasteiger partial charge in [-0.25, -0.2) is 0 Å². The lowest BCUT2D eigenvalue weighted by atomic mass is 9.81. The first-order valence-electron chi connectivity index (χ1n) is 5.05. The molecule has 76 valence electrons. The Kier molecular flexibility index (Phi) is 3.89. The van der Waals surface area contributed by atoms with E-state index in [9.17, 15) is 0 Å². The Balaban J connectivity index is 2.83. The minimum Gasteiger partial charge on any atom is -0.197 e. The number of benzene rings is 1. The van der Waals surface area contributed by atoms with Gasteiger partial charge in [0.05, 0.1) is 12.1 Å². The van der Waals surface area contributed by atoms with E-state index >= 15 is 0 Å². The van der Waals surface area contributed by atoms with Gasteiger partial charge in [0.15, 0.2) is 0 Å². The second kappa shape index (κ2) is 5.17. The Labute approximate surface area is 90.8 Å². The lowest BCUT2D eigenvalue weighted by Gasteiger charge is -2.20. The molecule has 2 nitrogen and oxygen atoms in total. The molecule has 0 aliphatic carbocycles. The number of rotatable bonds is 3. The summed E-state index contributed by atoms with van der Waals surface area (Å²) in [5.74, 6) is -0.238. The fourth-order valence-electron chi connectivity index (χ4n) is 1.61. The zero-order valence-corrected chi connectivity index (χ0v) is 9.01. The van der Waals surface area contributed by atoms with Crippen molar-refractivity contribution in [3.8, 4) is 12.1 Å². The normalized spacial score (nSPS) is 13.9. The molecule has 0 aliphatic rings. The fraction of sp³-hybridized carbons (Fsp3) is 0.385. The third-order valence-electron chi connectivity index (χ3n) is 2.92. The number of hydrogen-bond donors (Lipinski definition) is 0. The molecule has 0 bridgehead atoms. The van der Waals surface area contributed by atoms with Gasteiger partial charge in [0, 0.05) is 0 Å². The van der Waals surface area contributed by atoms with Gasteiger partial charge < -0.3 is 0 Å². The van der Waals surface area contributed by atoms with E-state index in [1.807, 2.05) is 49.4 Å². The summed E-state index contributed by atoms with van der Waals surface area (Å²) in [7, 11) is 0. The Morgan fingerprint density at radius 3 is 2.00 bits per heavy atom. The standard InChI is InChI=1S/C13H14N2/c1-10(11(2)13(8-14)9-15)12-6-4-3-5-7-12/h3-7,10-11,13H,1-2H3/t10-,11+/m1/s1. The first-order chi connectivity index (χ1) is 7.20. The van der Waals surface area contributed by atoms with Crippen molar-refractivity contribution in [2.24, 2.45) is 11.8 Å². The van der Waals surface area contributed by atoms with Crippen molar-refractivity contribution in [1.29, 1.82) is 10.5 Å². The van der Waals surface area contributed by atoms with Gasteiger partial charge in [0.25, 0.3) is 0 Å². The van der Waals surface area contributed by atoms with E-state index in [1.165, 1.54) is 5.56 Å². The van der Waals surface area contributed by atoms with Crippen LogP contribution in [0.4, 0.5) is 0 Å². The van der Waals surface area contributed by atoms with Crippen LogP contribution in [0.25, 0.3) is 0 Å². The molecule has 1 rings (SSSR count). The summed E-state index contributed by atoms with van der Waals surface area (Å²) in [4.78, 5) is 0. The zero-order chi connectivity index (χ0) is 11.3. The molecule has 0 heterocycles. The van der Waals surface area contributed by atoms with E-state index < -0.39 is 5.92 Å². The van der Waals surface area contributed by atoms with Crippen LogP contribution in [0.3, 0.4) is 0 Å². The molecule has 0 spiro atoms. The van der Waals surface area contributed by atoms with Crippen LogP contribution in [-0.4, -0.2) is 0 Å². The highest BCUT2D eigenvalue weighted by Gasteiger charge is 2.23. The van der Waals surface area contributed by atoms with Crippen molar-refractivity contribution in [2.75, 3.05) is 0 Å². The molecule has 0 fully saturated rings. The summed E-state index contributed by atoms with van der Waals surface area (Å²) < 4.78 is 0. The van der Waals surface area contributed by atoms with E-state index in [4.69, 9.17) is 10.5 Å². The van der Waals surface area contributed by atoms with Gasteiger partial charge in [-0.3, -0.25) is 0 Å². The minimum atomic E-state index is -0.528. The van der Waals surface area contributed by atoms with Crippen LogP contribution in [-0.2, 0) is 0 Å². The van der Waals surface area contributed by atoms with Gasteiger partial charge >= 0.3 is 0 Å². The fourth-order valence-corrected chi connectivity index (χ4v) is 1.61. The van der Waals surface area contributed by atoms with Crippen LogP contribution in [0.15, 0.2) is 30.3 Å². The molecule has 2 atom stereocenters. The van der Waals surface area contributed by atoms with E-state index in [2.05, 4.69) is 6.92 Å².